The number of piperidine rings is 1. The summed E-state index contributed by atoms with van der Waals surface area (Å²) >= 11 is 0. The lowest BCUT2D eigenvalue weighted by molar-refractivity contribution is 0.141. The molecule has 2 atom stereocenters. The molecule has 1 aliphatic rings. The van der Waals surface area contributed by atoms with Crippen LogP contribution >= 0.6 is 0 Å². The molecule has 0 amide bonds. The van der Waals surface area contributed by atoms with Crippen molar-refractivity contribution in [3.05, 3.63) is 86.7 Å². The molecule has 0 aliphatic carbocycles. The average molecular weight is 461 g/mol. The largest absolute Gasteiger partial charge is 0.321 e. The summed E-state index contributed by atoms with van der Waals surface area (Å²) in [5.74, 6) is 0.851. The Kier molecular flexibility index (Phi) is 6.00. The van der Waals surface area contributed by atoms with Gasteiger partial charge in [-0.2, -0.15) is 0 Å². The van der Waals surface area contributed by atoms with Gasteiger partial charge in [-0.25, -0.2) is 9.07 Å². The molecule has 0 bridgehead atoms. The summed E-state index contributed by atoms with van der Waals surface area (Å²) in [5.41, 5.74) is 4.42. The van der Waals surface area contributed by atoms with Crippen molar-refractivity contribution < 1.29 is 4.39 Å². The van der Waals surface area contributed by atoms with Crippen molar-refractivity contribution in [1.29, 1.82) is 0 Å². The van der Waals surface area contributed by atoms with E-state index in [1.165, 1.54) is 12.1 Å². The van der Waals surface area contributed by atoms with Crippen LogP contribution in [-0.2, 0) is 6.54 Å². The first kappa shape index (κ1) is 22.4. The van der Waals surface area contributed by atoms with E-state index in [0.717, 1.165) is 53.5 Å². The summed E-state index contributed by atoms with van der Waals surface area (Å²) in [4.78, 5) is 18.9. The Balaban J connectivity index is 1.64. The van der Waals surface area contributed by atoms with E-state index < -0.39 is 0 Å². The minimum atomic E-state index is -0.383. The van der Waals surface area contributed by atoms with Crippen LogP contribution in [0, 0.1) is 25.6 Å². The van der Waals surface area contributed by atoms with Gasteiger partial charge >= 0.3 is 0 Å². The van der Waals surface area contributed by atoms with Crippen LogP contribution in [0.5, 0.6) is 0 Å². The second-order valence-corrected chi connectivity index (χ2v) is 9.51. The van der Waals surface area contributed by atoms with Crippen LogP contribution in [0.1, 0.15) is 53.9 Å². The van der Waals surface area contributed by atoms with Gasteiger partial charge < -0.3 is 4.98 Å². The number of halogens is 1. The number of hydrogen-bond acceptors (Lipinski definition) is 5. The lowest BCUT2D eigenvalue weighted by Gasteiger charge is -2.36. The molecule has 3 heterocycles. The van der Waals surface area contributed by atoms with Crippen molar-refractivity contribution in [1.82, 2.24) is 30.1 Å². The zero-order valence-electron chi connectivity index (χ0n) is 19.8. The van der Waals surface area contributed by atoms with Crippen LogP contribution in [0.3, 0.4) is 0 Å². The number of hydrogen-bond donors (Lipinski definition) is 1. The Morgan fingerprint density at radius 3 is 2.68 bits per heavy atom. The van der Waals surface area contributed by atoms with Crippen LogP contribution in [0.15, 0.2) is 47.3 Å². The van der Waals surface area contributed by atoms with Gasteiger partial charge in [0, 0.05) is 17.5 Å². The van der Waals surface area contributed by atoms with E-state index in [-0.39, 0.29) is 17.4 Å². The highest BCUT2D eigenvalue weighted by Gasteiger charge is 2.33. The van der Waals surface area contributed by atoms with E-state index in [4.69, 9.17) is 0 Å². The fourth-order valence-electron chi connectivity index (χ4n) is 5.04. The third kappa shape index (κ3) is 4.25. The number of tetrazole rings is 1. The van der Waals surface area contributed by atoms with E-state index in [2.05, 4.69) is 45.3 Å². The smallest absolute Gasteiger partial charge is 0.253 e. The molecule has 176 valence electrons. The highest BCUT2D eigenvalue weighted by Crippen LogP contribution is 2.32. The summed E-state index contributed by atoms with van der Waals surface area (Å²) in [6.45, 7) is 8.42. The summed E-state index contributed by atoms with van der Waals surface area (Å²) in [6, 6.07) is 12.1. The maximum absolute atomic E-state index is 13.5. The maximum Gasteiger partial charge on any atom is 0.253 e. The van der Waals surface area contributed by atoms with Crippen LogP contribution in [-0.4, -0.2) is 43.2 Å². The molecule has 0 spiro atoms. The monoisotopic (exact) mass is 460 g/mol. The zero-order chi connectivity index (χ0) is 23.8. The normalized spacial score (nSPS) is 17.8. The molecule has 4 aromatic rings. The first-order chi connectivity index (χ1) is 16.4. The third-order valence-corrected chi connectivity index (χ3v) is 6.87. The van der Waals surface area contributed by atoms with E-state index in [1.54, 1.807) is 16.8 Å². The lowest BCUT2D eigenvalue weighted by Crippen LogP contribution is -2.41. The Hall–Kier alpha value is -3.39. The van der Waals surface area contributed by atoms with Gasteiger partial charge in [0.1, 0.15) is 11.9 Å². The van der Waals surface area contributed by atoms with Gasteiger partial charge in [-0.3, -0.25) is 9.69 Å². The second-order valence-electron chi connectivity index (χ2n) is 9.51. The minimum Gasteiger partial charge on any atom is -0.321 e. The molecule has 0 unspecified atom stereocenters. The van der Waals surface area contributed by atoms with Crippen molar-refractivity contribution in [2.45, 2.75) is 46.2 Å². The molecule has 7 nitrogen and oxygen atoms in total. The van der Waals surface area contributed by atoms with Gasteiger partial charge in [0.25, 0.3) is 5.56 Å². The minimum absolute atomic E-state index is 0.124. The molecule has 1 saturated heterocycles. The third-order valence-electron chi connectivity index (χ3n) is 6.87. The van der Waals surface area contributed by atoms with Gasteiger partial charge in [0.15, 0.2) is 5.82 Å². The summed E-state index contributed by atoms with van der Waals surface area (Å²) in [7, 11) is 0. The molecular formula is C26H29FN6O. The molecule has 34 heavy (non-hydrogen) atoms. The average Bonchev–Trinajstić information content (AvgIpc) is 3.26. The highest BCUT2D eigenvalue weighted by atomic mass is 19.1. The number of rotatable bonds is 5. The Morgan fingerprint density at radius 1 is 1.15 bits per heavy atom. The van der Waals surface area contributed by atoms with Crippen molar-refractivity contribution in [2.24, 2.45) is 5.92 Å². The molecule has 1 fully saturated rings. The number of likely N-dealkylation sites (tertiary alicyclic amines) is 1. The van der Waals surface area contributed by atoms with Crippen LogP contribution in [0.2, 0.25) is 0 Å². The number of fused-ring (bicyclic) bond motifs is 1. The summed E-state index contributed by atoms with van der Waals surface area (Å²) in [6.07, 6.45) is 2.22. The van der Waals surface area contributed by atoms with Crippen LogP contribution in [0.4, 0.5) is 4.39 Å². The number of aryl methyl sites for hydroxylation is 2. The first-order valence-electron chi connectivity index (χ1n) is 11.8. The molecule has 1 N–H and O–H groups in total. The molecule has 0 radical (unpaired) electrons. The number of nitrogens with one attached hydrogen (secondary N) is 1. The van der Waals surface area contributed by atoms with Crippen LogP contribution < -0.4 is 5.56 Å². The number of H-pyrrole nitrogens is 1. The first-order valence-corrected chi connectivity index (χ1v) is 11.8. The van der Waals surface area contributed by atoms with Crippen molar-refractivity contribution >= 4 is 10.9 Å². The van der Waals surface area contributed by atoms with Gasteiger partial charge in [-0.15, -0.1) is 5.10 Å². The SMILES string of the molecule is Cc1ccc(C)c2[nH]c(=O)c([C@H](c3nnnn3Cc3ccc(F)cc3)N3CCC[C@H](C)C3)cc12. The molecule has 2 aromatic heterocycles. The van der Waals surface area contributed by atoms with Gasteiger partial charge in [-0.05, 0) is 84.5 Å². The Bertz CT molecular complexity index is 1380. The summed E-state index contributed by atoms with van der Waals surface area (Å²) in [5, 5.41) is 13.6. The summed E-state index contributed by atoms with van der Waals surface area (Å²) < 4.78 is 15.1. The van der Waals surface area contributed by atoms with Gasteiger partial charge in [-0.1, -0.05) is 31.2 Å². The number of nitrogens with zero attached hydrogens (tertiary/aromatic N) is 5. The molecule has 8 heteroatoms. The fourth-order valence-corrected chi connectivity index (χ4v) is 5.04. The predicted octanol–water partition coefficient (Wildman–Crippen LogP) is 4.14. The molecule has 5 rings (SSSR count). The topological polar surface area (TPSA) is 79.7 Å². The highest BCUT2D eigenvalue weighted by molar-refractivity contribution is 5.85. The Morgan fingerprint density at radius 2 is 1.91 bits per heavy atom. The van der Waals surface area contributed by atoms with E-state index in [1.807, 2.05) is 19.1 Å². The van der Waals surface area contributed by atoms with E-state index in [9.17, 15) is 9.18 Å². The quantitative estimate of drug-likeness (QED) is 0.484. The van der Waals surface area contributed by atoms with Crippen molar-refractivity contribution in [2.75, 3.05) is 13.1 Å². The number of aromatic nitrogens is 5. The fraction of sp³-hybridized carbons (Fsp3) is 0.385. The number of aromatic amines is 1. The number of pyridine rings is 1. The predicted molar refractivity (Wildman–Crippen MR) is 129 cm³/mol. The maximum atomic E-state index is 13.5. The molecular weight excluding hydrogens is 431 g/mol. The standard InChI is InChI=1S/C26H29FN6O/c1-16-5-4-12-32(14-16)24(22-13-21-17(2)6-7-18(3)23(21)28-26(22)34)25-29-30-31-33(25)15-19-8-10-20(27)11-9-19/h6-11,13,16,24H,4-5,12,14-15H2,1-3H3,(H,28,34)/t16-,24+/m0/s1. The molecule has 2 aromatic carbocycles. The number of benzene rings is 2. The molecule has 1 aliphatic heterocycles. The zero-order valence-corrected chi connectivity index (χ0v) is 19.8. The Labute approximate surface area is 197 Å². The molecule has 0 saturated carbocycles. The van der Waals surface area contributed by atoms with Crippen molar-refractivity contribution in [3.63, 3.8) is 0 Å². The van der Waals surface area contributed by atoms with E-state index in [0.29, 0.717) is 23.9 Å². The lowest BCUT2D eigenvalue weighted by atomic mass is 9.95. The van der Waals surface area contributed by atoms with Gasteiger partial charge in [0.2, 0.25) is 0 Å². The van der Waals surface area contributed by atoms with E-state index >= 15 is 0 Å². The van der Waals surface area contributed by atoms with Crippen molar-refractivity contribution in [3.8, 4) is 0 Å². The van der Waals surface area contributed by atoms with Crippen LogP contribution in [0.25, 0.3) is 10.9 Å². The second kappa shape index (κ2) is 9.10. The van der Waals surface area contributed by atoms with Gasteiger partial charge in [0.05, 0.1) is 12.1 Å².